The molecule has 2 nitrogen and oxygen atoms in total. The quantitative estimate of drug-likeness (QED) is 0.770. The van der Waals surface area contributed by atoms with Crippen LogP contribution in [-0.2, 0) is 11.2 Å². The fraction of sp³-hybridized carbons (Fsp3) is 0.571. The lowest BCUT2D eigenvalue weighted by Gasteiger charge is -2.13. The number of aliphatic hydroxyl groups excluding tert-OH is 1. The Kier molecular flexibility index (Phi) is 6.31. The third-order valence-electron chi connectivity index (χ3n) is 2.71. The van der Waals surface area contributed by atoms with E-state index in [0.29, 0.717) is 5.56 Å². The number of hydrogen-bond acceptors (Lipinski definition) is 2. The standard InChI is InChI=1S/C14H19F3O2/c1-2-3-11-4-6-12(7-5-11)13(18)10-19-9-8-14(15,16)17/h4-7,13,18H,2-3,8-10H2,1H3. The van der Waals surface area contributed by atoms with Crippen molar-refractivity contribution >= 4 is 0 Å². The molecular formula is C14H19F3O2. The highest BCUT2D eigenvalue weighted by Crippen LogP contribution is 2.20. The summed E-state index contributed by atoms with van der Waals surface area (Å²) in [4.78, 5) is 0. The first kappa shape index (κ1) is 16.0. The molecule has 0 fully saturated rings. The first-order chi connectivity index (χ1) is 8.92. The van der Waals surface area contributed by atoms with Crippen LogP contribution in [0.1, 0.15) is 37.0 Å². The van der Waals surface area contributed by atoms with Gasteiger partial charge in [-0.05, 0) is 17.5 Å². The number of hydrogen-bond donors (Lipinski definition) is 1. The Morgan fingerprint density at radius 2 is 1.84 bits per heavy atom. The third kappa shape index (κ3) is 6.59. The summed E-state index contributed by atoms with van der Waals surface area (Å²) in [5.41, 5.74) is 1.84. The molecule has 0 aliphatic heterocycles. The predicted molar refractivity (Wildman–Crippen MR) is 66.9 cm³/mol. The van der Waals surface area contributed by atoms with E-state index in [1.54, 1.807) is 12.1 Å². The summed E-state index contributed by atoms with van der Waals surface area (Å²) in [6.45, 7) is 1.54. The van der Waals surface area contributed by atoms with Gasteiger partial charge in [0, 0.05) is 0 Å². The zero-order valence-electron chi connectivity index (χ0n) is 10.9. The van der Waals surface area contributed by atoms with Crippen LogP contribution < -0.4 is 0 Å². The molecule has 0 aliphatic carbocycles. The molecule has 0 spiro atoms. The van der Waals surface area contributed by atoms with Gasteiger partial charge in [-0.25, -0.2) is 0 Å². The maximum atomic E-state index is 11.9. The second-order valence-corrected chi connectivity index (χ2v) is 4.45. The Morgan fingerprint density at radius 3 is 2.37 bits per heavy atom. The molecule has 1 unspecified atom stereocenters. The van der Waals surface area contributed by atoms with Crippen molar-refractivity contribution in [2.24, 2.45) is 0 Å². The largest absolute Gasteiger partial charge is 0.391 e. The number of aliphatic hydroxyl groups is 1. The minimum Gasteiger partial charge on any atom is -0.386 e. The smallest absolute Gasteiger partial charge is 0.386 e. The van der Waals surface area contributed by atoms with E-state index in [2.05, 4.69) is 6.92 Å². The average Bonchev–Trinajstić information content (AvgIpc) is 2.34. The number of alkyl halides is 3. The molecule has 0 aliphatic rings. The fourth-order valence-corrected chi connectivity index (χ4v) is 1.67. The van der Waals surface area contributed by atoms with Crippen molar-refractivity contribution in [3.05, 3.63) is 35.4 Å². The average molecular weight is 276 g/mol. The SMILES string of the molecule is CCCc1ccc(C(O)COCCC(F)(F)F)cc1. The van der Waals surface area contributed by atoms with Crippen LogP contribution in [-0.4, -0.2) is 24.5 Å². The minimum atomic E-state index is -4.22. The lowest BCUT2D eigenvalue weighted by atomic mass is 10.0. The molecule has 0 aromatic heterocycles. The van der Waals surface area contributed by atoms with Crippen molar-refractivity contribution in [3.8, 4) is 0 Å². The molecule has 0 saturated carbocycles. The van der Waals surface area contributed by atoms with Crippen LogP contribution in [0.4, 0.5) is 13.2 Å². The summed E-state index contributed by atoms with van der Waals surface area (Å²) >= 11 is 0. The molecule has 1 aromatic rings. The Morgan fingerprint density at radius 1 is 1.21 bits per heavy atom. The van der Waals surface area contributed by atoms with Gasteiger partial charge in [0.2, 0.25) is 0 Å². The van der Waals surface area contributed by atoms with Crippen LogP contribution >= 0.6 is 0 Å². The van der Waals surface area contributed by atoms with Crippen LogP contribution in [0.5, 0.6) is 0 Å². The van der Waals surface area contributed by atoms with E-state index in [9.17, 15) is 18.3 Å². The lowest BCUT2D eigenvalue weighted by Crippen LogP contribution is -2.14. The number of halogens is 3. The second-order valence-electron chi connectivity index (χ2n) is 4.45. The highest BCUT2D eigenvalue weighted by atomic mass is 19.4. The normalized spacial score (nSPS) is 13.5. The van der Waals surface area contributed by atoms with Gasteiger partial charge >= 0.3 is 6.18 Å². The van der Waals surface area contributed by atoms with Gasteiger partial charge in [0.05, 0.1) is 19.6 Å². The molecule has 108 valence electrons. The minimum absolute atomic E-state index is 0.122. The highest BCUT2D eigenvalue weighted by molar-refractivity contribution is 5.24. The van der Waals surface area contributed by atoms with E-state index >= 15 is 0 Å². The van der Waals surface area contributed by atoms with Gasteiger partial charge < -0.3 is 9.84 Å². The number of ether oxygens (including phenoxy) is 1. The molecule has 19 heavy (non-hydrogen) atoms. The number of aryl methyl sites for hydroxylation is 1. The molecule has 1 atom stereocenters. The van der Waals surface area contributed by atoms with Crippen LogP contribution in [0.15, 0.2) is 24.3 Å². The van der Waals surface area contributed by atoms with E-state index in [1.807, 2.05) is 12.1 Å². The fourth-order valence-electron chi connectivity index (χ4n) is 1.67. The van der Waals surface area contributed by atoms with Crippen LogP contribution in [0.25, 0.3) is 0 Å². The Labute approximate surface area is 111 Å². The van der Waals surface area contributed by atoms with Crippen molar-refractivity contribution in [1.82, 2.24) is 0 Å². The Balaban J connectivity index is 2.34. The monoisotopic (exact) mass is 276 g/mol. The maximum Gasteiger partial charge on any atom is 0.391 e. The van der Waals surface area contributed by atoms with Gasteiger partial charge in [-0.3, -0.25) is 0 Å². The molecule has 0 heterocycles. The molecule has 1 aromatic carbocycles. The van der Waals surface area contributed by atoms with Gasteiger partial charge in [0.1, 0.15) is 6.10 Å². The summed E-state index contributed by atoms with van der Waals surface area (Å²) < 4.78 is 40.5. The lowest BCUT2D eigenvalue weighted by molar-refractivity contribution is -0.147. The zero-order chi connectivity index (χ0) is 14.3. The molecule has 0 saturated heterocycles. The second kappa shape index (κ2) is 7.50. The topological polar surface area (TPSA) is 29.5 Å². The van der Waals surface area contributed by atoms with E-state index in [-0.39, 0.29) is 6.61 Å². The van der Waals surface area contributed by atoms with Crippen LogP contribution in [0.2, 0.25) is 0 Å². The number of benzene rings is 1. The Bertz CT molecular complexity index is 360. The number of rotatable bonds is 7. The van der Waals surface area contributed by atoms with Crippen molar-refractivity contribution in [3.63, 3.8) is 0 Å². The molecule has 5 heteroatoms. The molecule has 0 amide bonds. The van der Waals surface area contributed by atoms with Gasteiger partial charge in [-0.2, -0.15) is 13.2 Å². The summed E-state index contributed by atoms with van der Waals surface area (Å²) in [7, 11) is 0. The molecular weight excluding hydrogens is 257 g/mol. The summed E-state index contributed by atoms with van der Waals surface area (Å²) in [6.07, 6.45) is -4.08. The van der Waals surface area contributed by atoms with Crippen LogP contribution in [0.3, 0.4) is 0 Å². The van der Waals surface area contributed by atoms with E-state index in [4.69, 9.17) is 4.74 Å². The van der Waals surface area contributed by atoms with Gasteiger partial charge in [0.15, 0.2) is 0 Å². The summed E-state index contributed by atoms with van der Waals surface area (Å²) in [6, 6.07) is 7.39. The highest BCUT2D eigenvalue weighted by Gasteiger charge is 2.26. The molecule has 0 bridgehead atoms. The van der Waals surface area contributed by atoms with Gasteiger partial charge in [-0.1, -0.05) is 37.6 Å². The molecule has 0 radical (unpaired) electrons. The van der Waals surface area contributed by atoms with E-state index < -0.39 is 25.3 Å². The van der Waals surface area contributed by atoms with Gasteiger partial charge in [0.25, 0.3) is 0 Å². The maximum absolute atomic E-state index is 11.9. The first-order valence-corrected chi connectivity index (χ1v) is 6.34. The van der Waals surface area contributed by atoms with Crippen molar-refractivity contribution in [2.75, 3.05) is 13.2 Å². The van der Waals surface area contributed by atoms with Gasteiger partial charge in [-0.15, -0.1) is 0 Å². The summed E-state index contributed by atoms with van der Waals surface area (Å²) in [5.74, 6) is 0. The third-order valence-corrected chi connectivity index (χ3v) is 2.71. The Hall–Kier alpha value is -1.07. The van der Waals surface area contributed by atoms with E-state index in [1.165, 1.54) is 5.56 Å². The molecule has 1 N–H and O–H groups in total. The zero-order valence-corrected chi connectivity index (χ0v) is 10.9. The first-order valence-electron chi connectivity index (χ1n) is 6.34. The van der Waals surface area contributed by atoms with E-state index in [0.717, 1.165) is 12.8 Å². The van der Waals surface area contributed by atoms with Crippen molar-refractivity contribution < 1.29 is 23.0 Å². The predicted octanol–water partition coefficient (Wildman–Crippen LogP) is 3.64. The van der Waals surface area contributed by atoms with Crippen molar-refractivity contribution in [1.29, 1.82) is 0 Å². The summed E-state index contributed by atoms with van der Waals surface area (Å²) in [5, 5.41) is 9.76. The van der Waals surface area contributed by atoms with Crippen LogP contribution in [0, 0.1) is 0 Å². The molecule has 1 rings (SSSR count). The van der Waals surface area contributed by atoms with Crippen molar-refractivity contribution in [2.45, 2.75) is 38.5 Å².